The average Bonchev–Trinajstić information content (AvgIpc) is 3.54. The number of aromatic nitrogens is 2. The number of nitrogens with zero attached hydrogens (tertiary/aromatic N) is 5. The van der Waals surface area contributed by atoms with Crippen molar-refractivity contribution in [2.75, 3.05) is 13.1 Å². The predicted molar refractivity (Wildman–Crippen MR) is 164 cm³/mol. The molecule has 0 radical (unpaired) electrons. The standard InChI is InChI=1S/C31H35ClN6O2S/c1-19(2)38-20(3)12-27(39)37(30(38)40)16-23-15-26-29(41-23)24(4-8-35-26)25-14-22(32)13-21-5-11-36(28(21)25)18-31(17-33)6-9-34-10-7-31/h4-5,8,11-15,19,27,30,34,39-40H,6-7,9-10,16,18H2,1-3H3. The fourth-order valence-corrected chi connectivity index (χ4v) is 7.75. The zero-order valence-electron chi connectivity index (χ0n) is 23.5. The molecule has 0 bridgehead atoms. The molecule has 0 saturated carbocycles. The van der Waals surface area contributed by atoms with Crippen LogP contribution in [0.1, 0.15) is 38.5 Å². The fourth-order valence-electron chi connectivity index (χ4n) is 6.37. The van der Waals surface area contributed by atoms with E-state index in [1.165, 1.54) is 0 Å². The molecule has 2 aliphatic rings. The number of benzene rings is 1. The van der Waals surface area contributed by atoms with Crippen LogP contribution < -0.4 is 5.32 Å². The van der Waals surface area contributed by atoms with Gasteiger partial charge in [-0.2, -0.15) is 5.26 Å². The number of hydrogen-bond donors (Lipinski definition) is 3. The van der Waals surface area contributed by atoms with E-state index in [0.717, 1.165) is 68.8 Å². The van der Waals surface area contributed by atoms with E-state index in [0.29, 0.717) is 18.1 Å². The molecule has 3 aromatic heterocycles. The van der Waals surface area contributed by atoms with Crippen molar-refractivity contribution in [3.8, 4) is 17.2 Å². The zero-order valence-corrected chi connectivity index (χ0v) is 25.1. The Labute approximate surface area is 249 Å². The Balaban J connectivity index is 1.40. The summed E-state index contributed by atoms with van der Waals surface area (Å²) in [5.74, 6) is 0. The number of hydrogen-bond acceptors (Lipinski definition) is 8. The van der Waals surface area contributed by atoms with Gasteiger partial charge in [-0.1, -0.05) is 11.6 Å². The van der Waals surface area contributed by atoms with Crippen LogP contribution in [-0.4, -0.2) is 61.3 Å². The molecule has 1 saturated heterocycles. The largest absolute Gasteiger partial charge is 0.374 e. The second kappa shape index (κ2) is 11.0. The maximum Gasteiger partial charge on any atom is 0.189 e. The highest BCUT2D eigenvalue weighted by Gasteiger charge is 2.35. The Hall–Kier alpha value is -2.97. The minimum Gasteiger partial charge on any atom is -0.374 e. The second-order valence-corrected chi connectivity index (χ2v) is 13.1. The van der Waals surface area contributed by atoms with Crippen molar-refractivity contribution in [3.05, 3.63) is 64.4 Å². The van der Waals surface area contributed by atoms with Crippen LogP contribution in [0, 0.1) is 16.7 Å². The summed E-state index contributed by atoms with van der Waals surface area (Å²) in [5, 5.41) is 37.2. The summed E-state index contributed by atoms with van der Waals surface area (Å²) in [6, 6.07) is 12.8. The minimum absolute atomic E-state index is 0.0819. The number of aliphatic hydroxyl groups is 2. The van der Waals surface area contributed by atoms with Crippen molar-refractivity contribution in [2.24, 2.45) is 5.41 Å². The average molecular weight is 591 g/mol. The minimum atomic E-state index is -0.939. The lowest BCUT2D eigenvalue weighted by molar-refractivity contribution is -0.173. The van der Waals surface area contributed by atoms with Crippen LogP contribution in [-0.2, 0) is 13.1 Å². The SMILES string of the molecule is CC1=CC(O)N(Cc2cc3nccc(-c4cc(Cl)cc5ccn(CC6(C#N)CCNCC6)c45)c3s2)C(O)N1C(C)C. The van der Waals surface area contributed by atoms with Crippen molar-refractivity contribution in [2.45, 2.75) is 65.3 Å². The van der Waals surface area contributed by atoms with Crippen molar-refractivity contribution in [1.29, 1.82) is 5.26 Å². The molecular formula is C31H35ClN6O2S. The van der Waals surface area contributed by atoms with Gasteiger partial charge < -0.3 is 25.0 Å². The third kappa shape index (κ3) is 5.14. The van der Waals surface area contributed by atoms with Crippen molar-refractivity contribution in [1.82, 2.24) is 24.7 Å². The first kappa shape index (κ1) is 28.2. The van der Waals surface area contributed by atoms with Gasteiger partial charge in [-0.3, -0.25) is 4.98 Å². The summed E-state index contributed by atoms with van der Waals surface area (Å²) in [4.78, 5) is 9.23. The number of nitrogens with one attached hydrogen (secondary N) is 1. The van der Waals surface area contributed by atoms with Gasteiger partial charge in [-0.05, 0) is 83.1 Å². The molecule has 4 aromatic rings. The molecule has 41 heavy (non-hydrogen) atoms. The second-order valence-electron chi connectivity index (χ2n) is 11.5. The van der Waals surface area contributed by atoms with E-state index in [4.69, 9.17) is 11.6 Å². The Bertz CT molecular complexity index is 1660. The van der Waals surface area contributed by atoms with E-state index in [1.54, 1.807) is 22.3 Å². The molecule has 1 aromatic carbocycles. The fraction of sp³-hybridized carbons (Fsp3) is 0.419. The highest BCUT2D eigenvalue weighted by molar-refractivity contribution is 7.19. The molecule has 10 heteroatoms. The summed E-state index contributed by atoms with van der Waals surface area (Å²) >= 11 is 8.25. The maximum absolute atomic E-state index is 11.1. The van der Waals surface area contributed by atoms with Crippen LogP contribution in [0.5, 0.6) is 0 Å². The molecule has 6 rings (SSSR count). The first-order valence-electron chi connectivity index (χ1n) is 14.1. The molecule has 2 aliphatic heterocycles. The van der Waals surface area contributed by atoms with Crippen LogP contribution in [0.4, 0.5) is 0 Å². The van der Waals surface area contributed by atoms with Crippen LogP contribution in [0.25, 0.3) is 32.2 Å². The lowest BCUT2D eigenvalue weighted by atomic mass is 9.80. The molecule has 214 valence electrons. The molecule has 3 N–H and O–H groups in total. The molecule has 0 aliphatic carbocycles. The van der Waals surface area contributed by atoms with Gasteiger partial charge in [0.25, 0.3) is 0 Å². The van der Waals surface area contributed by atoms with Gasteiger partial charge in [0, 0.05) is 63.6 Å². The molecule has 0 amide bonds. The van der Waals surface area contributed by atoms with Crippen LogP contribution >= 0.6 is 22.9 Å². The zero-order chi connectivity index (χ0) is 28.9. The maximum atomic E-state index is 11.1. The lowest BCUT2D eigenvalue weighted by Crippen LogP contribution is -2.56. The van der Waals surface area contributed by atoms with Crippen LogP contribution in [0.3, 0.4) is 0 Å². The Morgan fingerprint density at radius 1 is 1.20 bits per heavy atom. The number of aliphatic hydroxyl groups excluding tert-OH is 2. The van der Waals surface area contributed by atoms with E-state index in [-0.39, 0.29) is 6.04 Å². The summed E-state index contributed by atoms with van der Waals surface area (Å²) in [6.07, 6.45) is 5.46. The molecule has 2 atom stereocenters. The third-order valence-corrected chi connectivity index (χ3v) is 9.79. The highest BCUT2D eigenvalue weighted by Crippen LogP contribution is 2.41. The van der Waals surface area contributed by atoms with Gasteiger partial charge in [0.1, 0.15) is 6.23 Å². The van der Waals surface area contributed by atoms with Gasteiger partial charge in [0.2, 0.25) is 0 Å². The molecule has 8 nitrogen and oxygen atoms in total. The van der Waals surface area contributed by atoms with E-state index < -0.39 is 18.0 Å². The van der Waals surface area contributed by atoms with Gasteiger partial charge >= 0.3 is 0 Å². The molecule has 0 spiro atoms. The topological polar surface area (TPSA) is 101 Å². The van der Waals surface area contributed by atoms with E-state index >= 15 is 0 Å². The third-order valence-electron chi connectivity index (χ3n) is 8.43. The van der Waals surface area contributed by atoms with E-state index in [2.05, 4.69) is 33.2 Å². The monoisotopic (exact) mass is 590 g/mol. The van der Waals surface area contributed by atoms with Crippen molar-refractivity contribution in [3.63, 3.8) is 0 Å². The number of fused-ring (bicyclic) bond motifs is 2. The van der Waals surface area contributed by atoms with E-state index in [9.17, 15) is 15.5 Å². The van der Waals surface area contributed by atoms with Gasteiger partial charge in [-0.25, -0.2) is 4.90 Å². The quantitative estimate of drug-likeness (QED) is 0.273. The smallest absolute Gasteiger partial charge is 0.189 e. The number of allylic oxidation sites excluding steroid dienone is 1. The summed E-state index contributed by atoms with van der Waals surface area (Å²) in [6.45, 7) is 8.64. The molecule has 5 heterocycles. The highest BCUT2D eigenvalue weighted by atomic mass is 35.5. The van der Waals surface area contributed by atoms with Crippen LogP contribution in [0.2, 0.25) is 5.02 Å². The Morgan fingerprint density at radius 3 is 2.71 bits per heavy atom. The number of pyridine rings is 1. The van der Waals surface area contributed by atoms with Crippen molar-refractivity contribution < 1.29 is 10.2 Å². The first-order chi connectivity index (χ1) is 19.7. The van der Waals surface area contributed by atoms with Gasteiger partial charge in [0.05, 0.1) is 27.2 Å². The summed E-state index contributed by atoms with van der Waals surface area (Å²) in [7, 11) is 0. The van der Waals surface area contributed by atoms with Gasteiger partial charge in [0.15, 0.2) is 6.35 Å². The Morgan fingerprint density at radius 2 is 1.98 bits per heavy atom. The number of thiophene rings is 1. The number of nitriles is 1. The first-order valence-corrected chi connectivity index (χ1v) is 15.3. The van der Waals surface area contributed by atoms with E-state index in [1.807, 2.05) is 56.1 Å². The van der Waals surface area contributed by atoms with Crippen LogP contribution in [0.15, 0.2) is 54.5 Å². The number of halogens is 1. The number of rotatable bonds is 6. The van der Waals surface area contributed by atoms with Crippen molar-refractivity contribution >= 4 is 44.1 Å². The molecular weight excluding hydrogens is 556 g/mol. The summed E-state index contributed by atoms with van der Waals surface area (Å²) < 4.78 is 3.23. The predicted octanol–water partition coefficient (Wildman–Crippen LogP) is 5.49. The Kier molecular flexibility index (Phi) is 7.57. The molecule has 2 unspecified atom stereocenters. The summed E-state index contributed by atoms with van der Waals surface area (Å²) in [5.41, 5.74) is 4.38. The lowest BCUT2D eigenvalue weighted by Gasteiger charge is -2.45. The molecule has 1 fully saturated rings. The normalized spacial score (nSPS) is 21.5. The number of piperidine rings is 1. The van der Waals surface area contributed by atoms with Gasteiger partial charge in [-0.15, -0.1) is 11.3 Å².